The smallest absolute Gasteiger partial charge is 0.137 e. The summed E-state index contributed by atoms with van der Waals surface area (Å²) in [7, 11) is 0. The Balaban J connectivity index is 1.66. The predicted molar refractivity (Wildman–Crippen MR) is 116 cm³/mol. The van der Waals surface area contributed by atoms with Gasteiger partial charge in [-0.2, -0.15) is 0 Å². The SMILES string of the molecule is Cc1cc(-c2ccc(CC(=O)CC(CC(C)C)c3ccccc3)cc2)ccn1. The number of carbonyl (C=O) groups excluding carboxylic acids is 1. The van der Waals surface area contributed by atoms with Gasteiger partial charge in [-0.15, -0.1) is 0 Å². The number of hydrogen-bond acceptors (Lipinski definition) is 2. The van der Waals surface area contributed by atoms with Gasteiger partial charge >= 0.3 is 0 Å². The maximum absolute atomic E-state index is 12.8. The van der Waals surface area contributed by atoms with Gasteiger partial charge in [0.25, 0.3) is 0 Å². The van der Waals surface area contributed by atoms with Gasteiger partial charge in [0, 0.05) is 24.7 Å². The molecule has 28 heavy (non-hydrogen) atoms. The van der Waals surface area contributed by atoms with Gasteiger partial charge in [0.1, 0.15) is 5.78 Å². The van der Waals surface area contributed by atoms with Crippen molar-refractivity contribution in [3.05, 3.63) is 89.7 Å². The Morgan fingerprint density at radius 3 is 2.29 bits per heavy atom. The van der Waals surface area contributed by atoms with Gasteiger partial charge < -0.3 is 0 Å². The summed E-state index contributed by atoms with van der Waals surface area (Å²) in [5.41, 5.74) is 5.67. The Hall–Kier alpha value is -2.74. The number of carbonyl (C=O) groups is 1. The van der Waals surface area contributed by atoms with E-state index in [1.165, 1.54) is 5.56 Å². The first-order chi connectivity index (χ1) is 13.5. The lowest BCUT2D eigenvalue weighted by molar-refractivity contribution is -0.118. The highest BCUT2D eigenvalue weighted by Crippen LogP contribution is 2.28. The first kappa shape index (κ1) is 20.0. The molecule has 1 heterocycles. The van der Waals surface area contributed by atoms with Crippen LogP contribution in [-0.4, -0.2) is 10.8 Å². The minimum Gasteiger partial charge on any atom is -0.299 e. The maximum Gasteiger partial charge on any atom is 0.137 e. The van der Waals surface area contributed by atoms with Gasteiger partial charge in [-0.05, 0) is 59.6 Å². The molecule has 1 atom stereocenters. The van der Waals surface area contributed by atoms with E-state index in [1.807, 2.05) is 25.3 Å². The Bertz CT molecular complexity index is 897. The first-order valence-corrected chi connectivity index (χ1v) is 10.1. The number of pyridine rings is 1. The third-order valence-electron chi connectivity index (χ3n) is 5.09. The molecule has 0 bridgehead atoms. The van der Waals surface area contributed by atoms with Crippen molar-refractivity contribution < 1.29 is 4.79 Å². The number of aromatic nitrogens is 1. The van der Waals surface area contributed by atoms with Gasteiger partial charge in [0.15, 0.2) is 0 Å². The van der Waals surface area contributed by atoms with Crippen LogP contribution in [0.1, 0.15) is 49.4 Å². The molecule has 0 aliphatic carbocycles. The first-order valence-electron chi connectivity index (χ1n) is 10.1. The number of hydrogen-bond donors (Lipinski definition) is 0. The van der Waals surface area contributed by atoms with Crippen LogP contribution in [0.15, 0.2) is 72.9 Å². The van der Waals surface area contributed by atoms with Crippen molar-refractivity contribution >= 4 is 5.78 Å². The maximum atomic E-state index is 12.8. The van der Waals surface area contributed by atoms with E-state index in [1.54, 1.807) is 0 Å². The number of ketones is 1. The fourth-order valence-corrected chi connectivity index (χ4v) is 3.75. The Morgan fingerprint density at radius 1 is 0.929 bits per heavy atom. The average Bonchev–Trinajstić information content (AvgIpc) is 2.68. The van der Waals surface area contributed by atoms with Crippen LogP contribution >= 0.6 is 0 Å². The summed E-state index contributed by atoms with van der Waals surface area (Å²) in [6.45, 7) is 6.44. The van der Waals surface area contributed by atoms with Crippen molar-refractivity contribution in [1.82, 2.24) is 4.98 Å². The summed E-state index contributed by atoms with van der Waals surface area (Å²) in [5, 5.41) is 0. The van der Waals surface area contributed by atoms with Crippen LogP contribution in [0.5, 0.6) is 0 Å². The summed E-state index contributed by atoms with van der Waals surface area (Å²) in [6, 6.07) is 22.9. The van der Waals surface area contributed by atoms with Crippen molar-refractivity contribution in [2.45, 2.75) is 46.0 Å². The van der Waals surface area contributed by atoms with E-state index >= 15 is 0 Å². The molecule has 0 spiro atoms. The largest absolute Gasteiger partial charge is 0.299 e. The van der Waals surface area contributed by atoms with Crippen LogP contribution in [0.3, 0.4) is 0 Å². The monoisotopic (exact) mass is 371 g/mol. The summed E-state index contributed by atoms with van der Waals surface area (Å²) < 4.78 is 0. The number of benzene rings is 2. The second-order valence-corrected chi connectivity index (χ2v) is 8.04. The zero-order valence-electron chi connectivity index (χ0n) is 17.1. The molecule has 0 aliphatic rings. The quantitative estimate of drug-likeness (QED) is 0.459. The van der Waals surface area contributed by atoms with E-state index in [2.05, 4.69) is 73.4 Å². The van der Waals surface area contributed by atoms with Gasteiger partial charge in [-0.25, -0.2) is 0 Å². The highest BCUT2D eigenvalue weighted by molar-refractivity contribution is 5.82. The van der Waals surface area contributed by atoms with Crippen molar-refractivity contribution in [2.75, 3.05) is 0 Å². The number of rotatable bonds is 8. The molecule has 0 amide bonds. The molecule has 0 saturated heterocycles. The molecule has 0 saturated carbocycles. The van der Waals surface area contributed by atoms with E-state index in [-0.39, 0.29) is 0 Å². The molecule has 0 radical (unpaired) electrons. The third-order valence-corrected chi connectivity index (χ3v) is 5.09. The Labute approximate surface area is 168 Å². The van der Waals surface area contributed by atoms with E-state index in [4.69, 9.17) is 0 Å². The minimum absolute atomic E-state index is 0.299. The molecule has 3 rings (SSSR count). The zero-order valence-corrected chi connectivity index (χ0v) is 17.1. The lowest BCUT2D eigenvalue weighted by atomic mass is 9.85. The van der Waals surface area contributed by atoms with Gasteiger partial charge in [0.2, 0.25) is 0 Å². The second-order valence-electron chi connectivity index (χ2n) is 8.04. The van der Waals surface area contributed by atoms with E-state index in [9.17, 15) is 4.79 Å². The Kier molecular flexibility index (Phi) is 6.76. The average molecular weight is 372 g/mol. The van der Waals surface area contributed by atoms with Crippen LogP contribution in [0, 0.1) is 12.8 Å². The predicted octanol–water partition coefficient (Wildman–Crippen LogP) is 6.39. The molecule has 1 aromatic heterocycles. The highest BCUT2D eigenvalue weighted by atomic mass is 16.1. The zero-order chi connectivity index (χ0) is 19.9. The Morgan fingerprint density at radius 2 is 1.64 bits per heavy atom. The topological polar surface area (TPSA) is 30.0 Å². The molecule has 1 unspecified atom stereocenters. The normalized spacial score (nSPS) is 12.1. The summed E-state index contributed by atoms with van der Waals surface area (Å²) >= 11 is 0. The number of nitrogens with zero attached hydrogens (tertiary/aromatic N) is 1. The standard InChI is InChI=1S/C26H29NO/c1-19(2)15-25(22-7-5-4-6-8-22)18-26(28)17-21-9-11-23(12-10-21)24-13-14-27-20(3)16-24/h4-14,16,19,25H,15,17-18H2,1-3H3. The summed E-state index contributed by atoms with van der Waals surface area (Å²) in [5.74, 6) is 1.18. The number of aryl methyl sites for hydroxylation is 1. The summed E-state index contributed by atoms with van der Waals surface area (Å²) in [4.78, 5) is 17.0. The summed E-state index contributed by atoms with van der Waals surface area (Å²) in [6.07, 6.45) is 3.97. The second kappa shape index (κ2) is 9.45. The van der Waals surface area contributed by atoms with Gasteiger partial charge in [-0.3, -0.25) is 9.78 Å². The fraction of sp³-hybridized carbons (Fsp3) is 0.308. The van der Waals surface area contributed by atoms with Crippen molar-refractivity contribution in [3.63, 3.8) is 0 Å². The van der Waals surface area contributed by atoms with Crippen molar-refractivity contribution in [3.8, 4) is 11.1 Å². The number of Topliss-reactive ketones (excluding diaryl/α,β-unsaturated/α-hetero) is 1. The molecule has 2 aromatic carbocycles. The van der Waals surface area contributed by atoms with Crippen LogP contribution < -0.4 is 0 Å². The molecule has 144 valence electrons. The van der Waals surface area contributed by atoms with E-state index in [0.717, 1.165) is 28.8 Å². The lowest BCUT2D eigenvalue weighted by Crippen LogP contribution is -2.11. The molecular weight excluding hydrogens is 342 g/mol. The van der Waals surface area contributed by atoms with Crippen LogP contribution in [-0.2, 0) is 11.2 Å². The van der Waals surface area contributed by atoms with E-state index in [0.29, 0.717) is 30.5 Å². The van der Waals surface area contributed by atoms with Gasteiger partial charge in [0.05, 0.1) is 0 Å². The molecule has 0 N–H and O–H groups in total. The van der Waals surface area contributed by atoms with Crippen LogP contribution in [0.25, 0.3) is 11.1 Å². The fourth-order valence-electron chi connectivity index (χ4n) is 3.75. The molecule has 2 nitrogen and oxygen atoms in total. The molecule has 0 fully saturated rings. The van der Waals surface area contributed by atoms with E-state index < -0.39 is 0 Å². The third kappa shape index (κ3) is 5.63. The van der Waals surface area contributed by atoms with Crippen molar-refractivity contribution in [2.24, 2.45) is 5.92 Å². The lowest BCUT2D eigenvalue weighted by Gasteiger charge is -2.19. The van der Waals surface area contributed by atoms with Crippen LogP contribution in [0.2, 0.25) is 0 Å². The molecule has 3 aromatic rings. The van der Waals surface area contributed by atoms with Crippen LogP contribution in [0.4, 0.5) is 0 Å². The van der Waals surface area contributed by atoms with Crippen molar-refractivity contribution in [1.29, 1.82) is 0 Å². The molecule has 0 aliphatic heterocycles. The minimum atomic E-state index is 0.299. The molecular formula is C26H29NO. The highest BCUT2D eigenvalue weighted by Gasteiger charge is 2.17. The van der Waals surface area contributed by atoms with Gasteiger partial charge in [-0.1, -0.05) is 68.4 Å². The molecule has 2 heteroatoms.